The normalized spacial score (nSPS) is 14.8. The number of benzene rings is 2. The van der Waals surface area contributed by atoms with Crippen LogP contribution in [0.25, 0.3) is 33.3 Å². The zero-order valence-electron chi connectivity index (χ0n) is 37.2. The minimum Gasteiger partial charge on any atom is -0.491 e. The molecule has 0 spiro atoms. The van der Waals surface area contributed by atoms with E-state index in [1.165, 1.54) is 21.7 Å². The summed E-state index contributed by atoms with van der Waals surface area (Å²) < 4.78 is 34.0. The molecular weight excluding hydrogens is 836 g/mol. The predicted molar refractivity (Wildman–Crippen MR) is 240 cm³/mol. The summed E-state index contributed by atoms with van der Waals surface area (Å²) in [4.78, 5) is 61.6. The number of amides is 3. The van der Waals surface area contributed by atoms with Crippen molar-refractivity contribution in [1.82, 2.24) is 45.1 Å². The molecule has 65 heavy (non-hydrogen) atoms. The quantitative estimate of drug-likeness (QED) is 0.0832. The number of aromatic nitrogens is 6. The van der Waals surface area contributed by atoms with Crippen LogP contribution in [0, 0.1) is 11.2 Å². The predicted octanol–water partition coefficient (Wildman–Crippen LogP) is 4.50. The number of nitrogens with zero attached hydrogens (tertiary/aromatic N) is 6. The summed E-state index contributed by atoms with van der Waals surface area (Å²) in [7, 11) is 1.66. The van der Waals surface area contributed by atoms with Gasteiger partial charge in [0.2, 0.25) is 23.6 Å². The van der Waals surface area contributed by atoms with Gasteiger partial charge in [0.15, 0.2) is 0 Å². The number of ether oxygens (including phenoxy) is 3. The third kappa shape index (κ3) is 11.3. The lowest BCUT2D eigenvalue weighted by Gasteiger charge is -2.40. The molecule has 1 aliphatic heterocycles. The average Bonchev–Trinajstić information content (AvgIpc) is 4.06. The van der Waals surface area contributed by atoms with Gasteiger partial charge in [-0.25, -0.2) is 14.1 Å². The van der Waals surface area contributed by atoms with Crippen LogP contribution in [0.2, 0.25) is 0 Å². The lowest BCUT2D eigenvalue weighted by Crippen LogP contribution is -2.61. The molecule has 5 N–H and O–H groups in total. The van der Waals surface area contributed by atoms with Crippen molar-refractivity contribution in [3.05, 3.63) is 108 Å². The van der Waals surface area contributed by atoms with Crippen LogP contribution in [0.3, 0.4) is 0 Å². The molecule has 6 aromatic rings. The van der Waals surface area contributed by atoms with Gasteiger partial charge in [0.1, 0.15) is 35.9 Å². The number of H-pyrrole nitrogens is 1. The van der Waals surface area contributed by atoms with E-state index in [9.17, 15) is 23.6 Å². The first-order valence-corrected chi connectivity index (χ1v) is 21.5. The van der Waals surface area contributed by atoms with Gasteiger partial charge in [0.05, 0.1) is 57.8 Å². The van der Waals surface area contributed by atoms with Crippen LogP contribution >= 0.6 is 0 Å². The Morgan fingerprint density at radius 1 is 0.923 bits per heavy atom. The Bertz CT molecular complexity index is 2650. The number of hydrogen-bond donors (Lipinski definition) is 4. The summed E-state index contributed by atoms with van der Waals surface area (Å²) in [6.07, 6.45) is 10.9. The highest BCUT2D eigenvalue weighted by atomic mass is 19.1. The van der Waals surface area contributed by atoms with Crippen molar-refractivity contribution in [2.45, 2.75) is 71.8 Å². The average molecular weight is 891 g/mol. The van der Waals surface area contributed by atoms with E-state index in [4.69, 9.17) is 19.9 Å². The molecule has 2 aromatic carbocycles. The van der Waals surface area contributed by atoms with Crippen molar-refractivity contribution >= 4 is 34.7 Å². The fourth-order valence-electron chi connectivity index (χ4n) is 7.58. The number of likely N-dealkylation sites (N-methyl/N-ethyl adjacent to an activating group) is 1. The minimum absolute atomic E-state index is 0.117. The van der Waals surface area contributed by atoms with Gasteiger partial charge in [-0.15, -0.1) is 0 Å². The molecule has 0 radical (unpaired) electrons. The maximum Gasteiger partial charge on any atom is 0.249 e. The van der Waals surface area contributed by atoms with Crippen LogP contribution in [-0.2, 0) is 43.4 Å². The van der Waals surface area contributed by atoms with Gasteiger partial charge in [-0.05, 0) is 66.4 Å². The molecule has 3 atom stereocenters. The van der Waals surface area contributed by atoms with Gasteiger partial charge < -0.3 is 40.5 Å². The number of nitrogens with two attached hydrogens (primary N) is 1. The molecule has 0 unspecified atom stereocenters. The Kier molecular flexibility index (Phi) is 14.5. The molecule has 4 aromatic heterocycles. The number of fused-ring (bicyclic) bond motifs is 2. The first-order valence-electron chi connectivity index (χ1n) is 21.5. The van der Waals surface area contributed by atoms with Gasteiger partial charge in [0.25, 0.3) is 0 Å². The van der Waals surface area contributed by atoms with Gasteiger partial charge >= 0.3 is 0 Å². The molecule has 1 aliphatic rings. The highest BCUT2D eigenvalue weighted by molar-refractivity contribution is 5.96. The fraction of sp³-hybridized carbons (Fsp3) is 0.383. The number of pyridine rings is 1. The van der Waals surface area contributed by atoms with Gasteiger partial charge in [-0.1, -0.05) is 39.0 Å². The second-order valence-corrected chi connectivity index (χ2v) is 17.1. The van der Waals surface area contributed by atoms with E-state index in [0.29, 0.717) is 24.5 Å². The number of carbonyl (C=O) groups excluding carboxylic acids is 4. The summed E-state index contributed by atoms with van der Waals surface area (Å²) in [6.45, 7) is 9.13. The molecule has 0 bridgehead atoms. The molecule has 0 fully saturated rings. The van der Waals surface area contributed by atoms with Crippen molar-refractivity contribution in [1.29, 1.82) is 0 Å². The van der Waals surface area contributed by atoms with E-state index in [-0.39, 0.29) is 69.4 Å². The van der Waals surface area contributed by atoms with E-state index in [2.05, 4.69) is 30.8 Å². The standard InChI is InChI=1S/C47H55FN10O7/c1-29(50-5)45(61)55-42(47(2,3)4)46(62)57-27-33-18-37(10-9-31(33)20-40(57)43(49)60)65-16-15-64-14-13-63-12-11-41(59)58-28-34(22-54-58)32-19-38-39(24-52-44(38)51-21-32)35-23-53-56(26-35)25-30-7-6-8-36(48)17-30/h6-10,17-19,21-24,26,28-29,40,42,50H,11-16,20,25,27H2,1-5H3,(H2,49,60)(H,51,52)(H,55,61)/t29-,40-,42+/m1/s1. The van der Waals surface area contributed by atoms with E-state index >= 15 is 0 Å². The summed E-state index contributed by atoms with van der Waals surface area (Å²) in [6, 6.07) is 11.7. The lowest BCUT2D eigenvalue weighted by atomic mass is 9.84. The van der Waals surface area contributed by atoms with Crippen LogP contribution in [-0.4, -0.2) is 116 Å². The number of nitrogens with one attached hydrogen (secondary N) is 3. The highest BCUT2D eigenvalue weighted by Crippen LogP contribution is 2.32. The van der Waals surface area contributed by atoms with E-state index in [1.54, 1.807) is 55.6 Å². The van der Waals surface area contributed by atoms with Gasteiger partial charge in [-0.3, -0.25) is 23.9 Å². The summed E-state index contributed by atoms with van der Waals surface area (Å²) >= 11 is 0. The number of aromatic amines is 1. The summed E-state index contributed by atoms with van der Waals surface area (Å²) in [5, 5.41) is 15.4. The Balaban J connectivity index is 0.839. The number of carbonyl (C=O) groups is 4. The van der Waals surface area contributed by atoms with Crippen molar-refractivity contribution in [2.24, 2.45) is 11.1 Å². The highest BCUT2D eigenvalue weighted by Gasteiger charge is 2.42. The molecule has 7 rings (SSSR count). The molecular formula is C47H55FN10O7. The van der Waals surface area contributed by atoms with Crippen molar-refractivity contribution in [3.8, 4) is 28.0 Å². The Morgan fingerprint density at radius 2 is 1.69 bits per heavy atom. The Morgan fingerprint density at radius 3 is 2.45 bits per heavy atom. The van der Waals surface area contributed by atoms with Crippen LogP contribution in [0.4, 0.5) is 4.39 Å². The second kappa shape index (κ2) is 20.4. The Labute approximate surface area is 375 Å². The van der Waals surface area contributed by atoms with Crippen LogP contribution < -0.4 is 21.1 Å². The van der Waals surface area contributed by atoms with Crippen molar-refractivity contribution in [2.75, 3.05) is 40.1 Å². The maximum atomic E-state index is 14.0. The van der Waals surface area contributed by atoms with Crippen LogP contribution in [0.1, 0.15) is 55.6 Å². The fourth-order valence-corrected chi connectivity index (χ4v) is 7.58. The molecule has 0 saturated heterocycles. The largest absolute Gasteiger partial charge is 0.491 e. The van der Waals surface area contributed by atoms with Crippen LogP contribution in [0.5, 0.6) is 5.75 Å². The third-order valence-corrected chi connectivity index (χ3v) is 11.4. The summed E-state index contributed by atoms with van der Waals surface area (Å²) in [5.74, 6) is -1.27. The third-order valence-electron chi connectivity index (χ3n) is 11.4. The monoisotopic (exact) mass is 890 g/mol. The topological polar surface area (TPSA) is 214 Å². The number of halogens is 1. The first-order chi connectivity index (χ1) is 31.2. The minimum atomic E-state index is -0.891. The number of hydrogen-bond acceptors (Lipinski definition) is 11. The molecule has 0 saturated carbocycles. The summed E-state index contributed by atoms with van der Waals surface area (Å²) in [5.41, 5.74) is 11.7. The SMILES string of the molecule is CN[C@H](C)C(=O)N[C@@H](C(=O)N1Cc2cc(OCCOCCOCCC(=O)n3cc(-c4cnc5[nH]cc(-c6cnn(Cc7cccc(F)c7)c6)c5c4)cn3)ccc2C[C@@H]1C(N)=O)C(C)(C)C. The van der Waals surface area contributed by atoms with Gasteiger partial charge in [0, 0.05) is 65.4 Å². The lowest BCUT2D eigenvalue weighted by molar-refractivity contribution is -0.146. The molecule has 17 nitrogen and oxygen atoms in total. The van der Waals surface area contributed by atoms with Crippen LogP contribution in [0.15, 0.2) is 85.7 Å². The van der Waals surface area contributed by atoms with E-state index in [1.807, 2.05) is 57.4 Å². The molecule has 342 valence electrons. The second-order valence-electron chi connectivity index (χ2n) is 17.1. The zero-order chi connectivity index (χ0) is 46.3. The van der Waals surface area contributed by atoms with E-state index in [0.717, 1.165) is 44.3 Å². The first kappa shape index (κ1) is 46.2. The number of rotatable bonds is 19. The molecule has 18 heteroatoms. The molecule has 5 heterocycles. The zero-order valence-corrected chi connectivity index (χ0v) is 37.2. The van der Waals surface area contributed by atoms with Gasteiger partial charge in [-0.2, -0.15) is 10.2 Å². The number of primary amides is 1. The maximum absolute atomic E-state index is 14.0. The molecule has 0 aliphatic carbocycles. The molecule has 3 amide bonds. The van der Waals surface area contributed by atoms with Crippen molar-refractivity contribution in [3.63, 3.8) is 0 Å². The van der Waals surface area contributed by atoms with Crippen molar-refractivity contribution < 1.29 is 37.8 Å². The smallest absolute Gasteiger partial charge is 0.249 e. The Hall–Kier alpha value is -6.76. The van der Waals surface area contributed by atoms with E-state index < -0.39 is 29.4 Å².